The minimum Gasteiger partial charge on any atom is -0.459 e. The lowest BCUT2D eigenvalue weighted by atomic mass is 10.1. The highest BCUT2D eigenvalue weighted by Crippen LogP contribution is 2.21. The van der Waals surface area contributed by atoms with Gasteiger partial charge in [0, 0.05) is 18.7 Å². The predicted octanol–water partition coefficient (Wildman–Crippen LogP) is 1.82. The lowest BCUT2D eigenvalue weighted by Crippen LogP contribution is -2.24. The summed E-state index contributed by atoms with van der Waals surface area (Å²) in [5.41, 5.74) is 0.401. The summed E-state index contributed by atoms with van der Waals surface area (Å²) >= 11 is 1.10. The molecule has 0 spiro atoms. The van der Waals surface area contributed by atoms with Crippen LogP contribution in [0.5, 0.6) is 0 Å². The van der Waals surface area contributed by atoms with Crippen molar-refractivity contribution in [3.8, 4) is 0 Å². The molecule has 1 aromatic rings. The van der Waals surface area contributed by atoms with Gasteiger partial charge < -0.3 is 14.6 Å². The van der Waals surface area contributed by atoms with E-state index in [-0.39, 0.29) is 29.6 Å². The first-order valence-electron chi connectivity index (χ1n) is 7.13. The number of hydrogen-bond acceptors (Lipinski definition) is 8. The van der Waals surface area contributed by atoms with E-state index in [0.717, 1.165) is 11.8 Å². The van der Waals surface area contributed by atoms with Crippen molar-refractivity contribution < 1.29 is 29.1 Å². The molecule has 24 heavy (non-hydrogen) atoms. The zero-order valence-corrected chi connectivity index (χ0v) is 14.2. The number of hydrogen-bond donors (Lipinski definition) is 1. The minimum atomic E-state index is -0.802. The van der Waals surface area contributed by atoms with Crippen molar-refractivity contribution in [3.63, 3.8) is 0 Å². The largest absolute Gasteiger partial charge is 0.459 e. The van der Waals surface area contributed by atoms with Crippen LogP contribution in [0.4, 0.5) is 5.69 Å². The molecule has 0 heterocycles. The highest BCUT2D eigenvalue weighted by Gasteiger charge is 2.17. The standard InChI is InChI=1S/C15H19NO7S/c1-10(22-5-6-24-11(2)18)15(19)23-9-12-3-4-13(8-17)14(7-12)16(20)21/h3-4,7,10,17H,5-6,8-9H2,1-2H3. The van der Waals surface area contributed by atoms with Crippen molar-refractivity contribution in [2.75, 3.05) is 12.4 Å². The first-order chi connectivity index (χ1) is 11.3. The lowest BCUT2D eigenvalue weighted by molar-refractivity contribution is -0.385. The Balaban J connectivity index is 2.50. The quantitative estimate of drug-likeness (QED) is 0.308. The molecule has 9 heteroatoms. The first-order valence-corrected chi connectivity index (χ1v) is 8.12. The van der Waals surface area contributed by atoms with Crippen LogP contribution in [0.2, 0.25) is 0 Å². The minimum absolute atomic E-state index is 0.0262. The number of nitro benzene ring substituents is 1. The monoisotopic (exact) mass is 357 g/mol. The first kappa shape index (κ1) is 20.1. The topological polar surface area (TPSA) is 116 Å². The van der Waals surface area contributed by atoms with Gasteiger partial charge in [-0.15, -0.1) is 0 Å². The summed E-state index contributed by atoms with van der Waals surface area (Å²) in [7, 11) is 0. The van der Waals surface area contributed by atoms with Crippen molar-refractivity contribution in [3.05, 3.63) is 39.4 Å². The number of thioether (sulfide) groups is 1. The average Bonchev–Trinajstić information content (AvgIpc) is 2.55. The second-order valence-electron chi connectivity index (χ2n) is 4.84. The van der Waals surface area contributed by atoms with Gasteiger partial charge in [-0.05, 0) is 18.6 Å². The summed E-state index contributed by atoms with van der Waals surface area (Å²) in [5, 5.41) is 19.9. The highest BCUT2D eigenvalue weighted by molar-refractivity contribution is 8.13. The van der Waals surface area contributed by atoms with Crippen LogP contribution in [-0.4, -0.2) is 39.6 Å². The van der Waals surface area contributed by atoms with Crippen LogP contribution in [-0.2, 0) is 32.3 Å². The molecule has 0 bridgehead atoms. The van der Waals surface area contributed by atoms with E-state index in [1.807, 2.05) is 0 Å². The molecule has 0 aromatic heterocycles. The summed E-state index contributed by atoms with van der Waals surface area (Å²) in [4.78, 5) is 32.9. The van der Waals surface area contributed by atoms with E-state index < -0.39 is 23.6 Å². The zero-order valence-electron chi connectivity index (χ0n) is 13.4. The Morgan fingerprint density at radius 1 is 1.42 bits per heavy atom. The number of nitrogens with zero attached hydrogens (tertiary/aromatic N) is 1. The van der Waals surface area contributed by atoms with Gasteiger partial charge in [0.2, 0.25) is 0 Å². The Morgan fingerprint density at radius 3 is 2.71 bits per heavy atom. The third-order valence-electron chi connectivity index (χ3n) is 2.99. The fourth-order valence-corrected chi connectivity index (χ4v) is 2.22. The molecule has 0 saturated heterocycles. The number of rotatable bonds is 9. The van der Waals surface area contributed by atoms with E-state index in [1.54, 1.807) is 6.07 Å². The van der Waals surface area contributed by atoms with Gasteiger partial charge in [0.25, 0.3) is 5.69 Å². The van der Waals surface area contributed by atoms with Crippen LogP contribution in [0.25, 0.3) is 0 Å². The number of ether oxygens (including phenoxy) is 2. The summed E-state index contributed by atoms with van der Waals surface area (Å²) < 4.78 is 10.3. The number of carbonyl (C=O) groups is 2. The van der Waals surface area contributed by atoms with E-state index in [1.165, 1.54) is 26.0 Å². The van der Waals surface area contributed by atoms with Crippen molar-refractivity contribution >= 4 is 28.5 Å². The van der Waals surface area contributed by atoms with Crippen molar-refractivity contribution in [2.24, 2.45) is 0 Å². The Kier molecular flexibility index (Phi) is 8.37. The van der Waals surface area contributed by atoms with Gasteiger partial charge in [0.1, 0.15) is 6.61 Å². The maximum absolute atomic E-state index is 11.8. The van der Waals surface area contributed by atoms with Crippen LogP contribution < -0.4 is 0 Å². The molecular formula is C15H19NO7S. The van der Waals surface area contributed by atoms with Gasteiger partial charge in [0.05, 0.1) is 23.7 Å². The Morgan fingerprint density at radius 2 is 2.12 bits per heavy atom. The van der Waals surface area contributed by atoms with Gasteiger partial charge >= 0.3 is 5.97 Å². The number of esters is 1. The predicted molar refractivity (Wildman–Crippen MR) is 87.4 cm³/mol. The molecule has 1 N–H and O–H groups in total. The average molecular weight is 357 g/mol. The number of aliphatic hydroxyl groups excluding tert-OH is 1. The molecule has 1 unspecified atom stereocenters. The second kappa shape index (κ2) is 10.0. The van der Waals surface area contributed by atoms with E-state index in [9.17, 15) is 19.7 Å². The fraction of sp³-hybridized carbons (Fsp3) is 0.467. The number of carbonyl (C=O) groups excluding carboxylic acids is 2. The lowest BCUT2D eigenvalue weighted by Gasteiger charge is -2.12. The molecule has 0 fully saturated rings. The number of aliphatic hydroxyl groups is 1. The summed E-state index contributed by atoms with van der Waals surface area (Å²) in [5.74, 6) is -0.154. The van der Waals surface area contributed by atoms with Gasteiger partial charge in [-0.25, -0.2) is 4.79 Å². The van der Waals surface area contributed by atoms with E-state index in [2.05, 4.69) is 0 Å². The maximum Gasteiger partial charge on any atom is 0.335 e. The summed E-state index contributed by atoms with van der Waals surface area (Å²) in [6.07, 6.45) is -0.802. The molecule has 0 saturated carbocycles. The van der Waals surface area contributed by atoms with Crippen LogP contribution in [0.1, 0.15) is 25.0 Å². The third kappa shape index (κ3) is 6.65. The van der Waals surface area contributed by atoms with Crippen LogP contribution in [0, 0.1) is 10.1 Å². The van der Waals surface area contributed by atoms with Gasteiger partial charge in [0.15, 0.2) is 11.2 Å². The summed E-state index contributed by atoms with van der Waals surface area (Å²) in [6.45, 7) is 2.62. The molecule has 0 amide bonds. The normalized spacial score (nSPS) is 11.8. The Hall–Kier alpha value is -1.97. The van der Waals surface area contributed by atoms with Crippen LogP contribution in [0.15, 0.2) is 18.2 Å². The molecule has 0 aliphatic heterocycles. The Labute approximate surface area is 143 Å². The molecule has 1 aromatic carbocycles. The van der Waals surface area contributed by atoms with Crippen LogP contribution >= 0.6 is 11.8 Å². The smallest absolute Gasteiger partial charge is 0.335 e. The Bertz CT molecular complexity index is 605. The van der Waals surface area contributed by atoms with Crippen molar-refractivity contribution in [2.45, 2.75) is 33.2 Å². The summed E-state index contributed by atoms with van der Waals surface area (Å²) in [6, 6.07) is 4.22. The molecular weight excluding hydrogens is 338 g/mol. The zero-order chi connectivity index (χ0) is 18.1. The fourth-order valence-electron chi connectivity index (χ4n) is 1.75. The van der Waals surface area contributed by atoms with Gasteiger partial charge in [-0.2, -0.15) is 0 Å². The van der Waals surface area contributed by atoms with E-state index in [4.69, 9.17) is 14.6 Å². The number of benzene rings is 1. The third-order valence-corrected chi connectivity index (χ3v) is 3.76. The molecule has 132 valence electrons. The van der Waals surface area contributed by atoms with Gasteiger partial charge in [-0.1, -0.05) is 17.8 Å². The molecule has 0 aliphatic carbocycles. The molecule has 1 atom stereocenters. The molecule has 8 nitrogen and oxygen atoms in total. The van der Waals surface area contributed by atoms with Gasteiger partial charge in [-0.3, -0.25) is 14.9 Å². The van der Waals surface area contributed by atoms with Crippen LogP contribution in [0.3, 0.4) is 0 Å². The van der Waals surface area contributed by atoms with Crippen molar-refractivity contribution in [1.29, 1.82) is 0 Å². The van der Waals surface area contributed by atoms with E-state index in [0.29, 0.717) is 11.3 Å². The van der Waals surface area contributed by atoms with E-state index >= 15 is 0 Å². The molecule has 1 rings (SSSR count). The second-order valence-corrected chi connectivity index (χ2v) is 6.11. The SMILES string of the molecule is CC(=O)SCCOC(C)C(=O)OCc1ccc(CO)c([N+](=O)[O-])c1. The maximum atomic E-state index is 11.8. The highest BCUT2D eigenvalue weighted by atomic mass is 32.2. The van der Waals surface area contributed by atoms with Crippen molar-refractivity contribution in [1.82, 2.24) is 0 Å². The molecule has 0 radical (unpaired) electrons. The molecule has 0 aliphatic rings. The number of nitro groups is 1.